The minimum atomic E-state index is -0.395. The van der Waals surface area contributed by atoms with Crippen LogP contribution in [0.5, 0.6) is 0 Å². The summed E-state index contributed by atoms with van der Waals surface area (Å²) >= 11 is 0. The van der Waals surface area contributed by atoms with Crippen molar-refractivity contribution in [1.82, 2.24) is 4.57 Å². The van der Waals surface area contributed by atoms with Crippen LogP contribution < -0.4 is 5.56 Å². The topological polar surface area (TPSA) is 48.3 Å². The SMILES string of the molecule is Cc1ccc(=O)n(CC(=O)OCCc2ccccc2)c1. The number of benzene rings is 1. The van der Waals surface area contributed by atoms with Crippen LogP contribution in [0.15, 0.2) is 53.5 Å². The molecule has 0 N–H and O–H groups in total. The highest BCUT2D eigenvalue weighted by Gasteiger charge is 2.06. The molecule has 0 radical (unpaired) electrons. The maximum absolute atomic E-state index is 11.7. The van der Waals surface area contributed by atoms with E-state index in [1.54, 1.807) is 12.3 Å². The first-order valence-electron chi connectivity index (χ1n) is 6.52. The van der Waals surface area contributed by atoms with E-state index >= 15 is 0 Å². The molecular formula is C16H17NO3. The number of hydrogen-bond donors (Lipinski definition) is 0. The number of hydrogen-bond acceptors (Lipinski definition) is 3. The first-order valence-corrected chi connectivity index (χ1v) is 6.52. The molecule has 0 fully saturated rings. The molecule has 1 aromatic heterocycles. The molecule has 0 aliphatic carbocycles. The lowest BCUT2D eigenvalue weighted by Crippen LogP contribution is -2.24. The van der Waals surface area contributed by atoms with E-state index in [4.69, 9.17) is 4.74 Å². The molecule has 0 atom stereocenters. The Hall–Kier alpha value is -2.36. The summed E-state index contributed by atoms with van der Waals surface area (Å²) in [5.41, 5.74) is 1.85. The number of carbonyl (C=O) groups is 1. The van der Waals surface area contributed by atoms with Crippen LogP contribution in [0.2, 0.25) is 0 Å². The molecular weight excluding hydrogens is 254 g/mol. The van der Waals surface area contributed by atoms with Crippen LogP contribution in [0.1, 0.15) is 11.1 Å². The van der Waals surface area contributed by atoms with Gasteiger partial charge < -0.3 is 9.30 Å². The van der Waals surface area contributed by atoms with E-state index < -0.39 is 5.97 Å². The Bertz CT molecular complexity index is 632. The van der Waals surface area contributed by atoms with Crippen molar-refractivity contribution in [3.8, 4) is 0 Å². The molecule has 0 amide bonds. The number of pyridine rings is 1. The molecule has 2 aromatic rings. The standard InChI is InChI=1S/C16H17NO3/c1-13-7-8-15(18)17(11-13)12-16(19)20-10-9-14-5-3-2-4-6-14/h2-8,11H,9-10,12H2,1H3. The maximum atomic E-state index is 11.7. The summed E-state index contributed by atoms with van der Waals surface area (Å²) in [5, 5.41) is 0. The van der Waals surface area contributed by atoms with Crippen LogP contribution in [0.25, 0.3) is 0 Å². The van der Waals surface area contributed by atoms with Gasteiger partial charge in [0, 0.05) is 18.7 Å². The zero-order chi connectivity index (χ0) is 14.4. The molecule has 20 heavy (non-hydrogen) atoms. The first-order chi connectivity index (χ1) is 9.65. The van der Waals surface area contributed by atoms with Gasteiger partial charge in [0.2, 0.25) is 0 Å². The van der Waals surface area contributed by atoms with Crippen LogP contribution >= 0.6 is 0 Å². The highest BCUT2D eigenvalue weighted by molar-refractivity contribution is 5.69. The van der Waals surface area contributed by atoms with E-state index in [1.807, 2.05) is 37.3 Å². The molecule has 0 saturated carbocycles. The van der Waals surface area contributed by atoms with Crippen LogP contribution in [-0.2, 0) is 22.5 Å². The summed E-state index contributed by atoms with van der Waals surface area (Å²) in [6.45, 7) is 2.15. The van der Waals surface area contributed by atoms with Gasteiger partial charge in [0.25, 0.3) is 5.56 Å². The van der Waals surface area contributed by atoms with Gasteiger partial charge in [-0.05, 0) is 18.1 Å². The predicted octanol–water partition coefficient (Wildman–Crippen LogP) is 1.94. The van der Waals surface area contributed by atoms with Crippen molar-refractivity contribution in [2.45, 2.75) is 19.9 Å². The summed E-state index contributed by atoms with van der Waals surface area (Å²) in [7, 11) is 0. The Morgan fingerprint density at radius 3 is 2.65 bits per heavy atom. The number of esters is 1. The van der Waals surface area contributed by atoms with Gasteiger partial charge in [-0.2, -0.15) is 0 Å². The van der Waals surface area contributed by atoms with Gasteiger partial charge in [0.1, 0.15) is 6.54 Å². The molecule has 0 unspecified atom stereocenters. The van der Waals surface area contributed by atoms with E-state index in [2.05, 4.69) is 0 Å². The minimum absolute atomic E-state index is 0.0463. The van der Waals surface area contributed by atoms with E-state index in [-0.39, 0.29) is 12.1 Å². The molecule has 1 heterocycles. The third kappa shape index (κ3) is 4.09. The molecule has 4 nitrogen and oxygen atoms in total. The largest absolute Gasteiger partial charge is 0.464 e. The summed E-state index contributed by atoms with van der Waals surface area (Å²) in [6.07, 6.45) is 2.33. The van der Waals surface area contributed by atoms with Gasteiger partial charge in [-0.15, -0.1) is 0 Å². The molecule has 0 aliphatic heterocycles. The Labute approximate surface area is 117 Å². The molecule has 0 bridgehead atoms. The van der Waals surface area contributed by atoms with Crippen molar-refractivity contribution in [3.63, 3.8) is 0 Å². The van der Waals surface area contributed by atoms with Crippen LogP contribution in [0.4, 0.5) is 0 Å². The third-order valence-corrected chi connectivity index (χ3v) is 2.93. The Morgan fingerprint density at radius 1 is 1.15 bits per heavy atom. The highest BCUT2D eigenvalue weighted by atomic mass is 16.5. The molecule has 2 rings (SSSR count). The van der Waals surface area contributed by atoms with Gasteiger partial charge in [0.05, 0.1) is 6.61 Å². The van der Waals surface area contributed by atoms with Crippen molar-refractivity contribution in [2.24, 2.45) is 0 Å². The van der Waals surface area contributed by atoms with Gasteiger partial charge in [-0.3, -0.25) is 9.59 Å². The number of aryl methyl sites for hydroxylation is 1. The lowest BCUT2D eigenvalue weighted by Gasteiger charge is -2.07. The van der Waals surface area contributed by atoms with E-state index in [0.29, 0.717) is 13.0 Å². The summed E-state index contributed by atoms with van der Waals surface area (Å²) < 4.78 is 6.51. The Balaban J connectivity index is 1.84. The third-order valence-electron chi connectivity index (χ3n) is 2.93. The fourth-order valence-corrected chi connectivity index (χ4v) is 1.89. The fraction of sp³-hybridized carbons (Fsp3) is 0.250. The minimum Gasteiger partial charge on any atom is -0.464 e. The second kappa shape index (κ2) is 6.70. The van der Waals surface area contributed by atoms with E-state index in [0.717, 1.165) is 11.1 Å². The number of aromatic nitrogens is 1. The van der Waals surface area contributed by atoms with E-state index in [9.17, 15) is 9.59 Å². The highest BCUT2D eigenvalue weighted by Crippen LogP contribution is 2.00. The smallest absolute Gasteiger partial charge is 0.326 e. The number of nitrogens with zero attached hydrogens (tertiary/aromatic N) is 1. The van der Waals surface area contributed by atoms with Crippen molar-refractivity contribution >= 4 is 5.97 Å². The molecule has 0 aliphatic rings. The second-order valence-electron chi connectivity index (χ2n) is 4.63. The van der Waals surface area contributed by atoms with Gasteiger partial charge in [0.15, 0.2) is 0 Å². The summed E-state index contributed by atoms with van der Waals surface area (Å²) in [4.78, 5) is 23.2. The van der Waals surface area contributed by atoms with Gasteiger partial charge in [-0.1, -0.05) is 36.4 Å². The molecule has 1 aromatic carbocycles. The normalized spacial score (nSPS) is 10.2. The van der Waals surface area contributed by atoms with Crippen molar-refractivity contribution in [1.29, 1.82) is 0 Å². The van der Waals surface area contributed by atoms with Crippen LogP contribution in [-0.4, -0.2) is 17.1 Å². The molecule has 0 spiro atoms. The first kappa shape index (κ1) is 14.1. The van der Waals surface area contributed by atoms with Gasteiger partial charge in [-0.25, -0.2) is 0 Å². The van der Waals surface area contributed by atoms with Crippen molar-refractivity contribution in [3.05, 3.63) is 70.1 Å². The number of carbonyl (C=O) groups excluding carboxylic acids is 1. The summed E-state index contributed by atoms with van der Waals surface area (Å²) in [6, 6.07) is 13.0. The van der Waals surface area contributed by atoms with Gasteiger partial charge >= 0.3 is 5.97 Å². The lowest BCUT2D eigenvalue weighted by atomic mass is 10.2. The molecule has 104 valence electrons. The zero-order valence-corrected chi connectivity index (χ0v) is 11.4. The fourth-order valence-electron chi connectivity index (χ4n) is 1.89. The number of ether oxygens (including phenoxy) is 1. The van der Waals surface area contributed by atoms with Crippen molar-refractivity contribution < 1.29 is 9.53 Å². The average molecular weight is 271 g/mol. The lowest BCUT2D eigenvalue weighted by molar-refractivity contribution is -0.144. The summed E-state index contributed by atoms with van der Waals surface area (Å²) in [5.74, 6) is -0.395. The maximum Gasteiger partial charge on any atom is 0.326 e. The number of rotatable bonds is 5. The van der Waals surface area contributed by atoms with E-state index in [1.165, 1.54) is 10.6 Å². The quantitative estimate of drug-likeness (QED) is 0.781. The zero-order valence-electron chi connectivity index (χ0n) is 11.4. The monoisotopic (exact) mass is 271 g/mol. The second-order valence-corrected chi connectivity index (χ2v) is 4.63. The van der Waals surface area contributed by atoms with Crippen LogP contribution in [0, 0.1) is 6.92 Å². The Kier molecular flexibility index (Phi) is 4.71. The van der Waals surface area contributed by atoms with Crippen molar-refractivity contribution in [2.75, 3.05) is 6.61 Å². The van der Waals surface area contributed by atoms with Crippen LogP contribution in [0.3, 0.4) is 0 Å². The predicted molar refractivity (Wildman–Crippen MR) is 76.5 cm³/mol. The Morgan fingerprint density at radius 2 is 1.90 bits per heavy atom. The molecule has 0 saturated heterocycles. The average Bonchev–Trinajstić information content (AvgIpc) is 2.44. The molecule has 4 heteroatoms.